The number of rotatable bonds is 3. The summed E-state index contributed by atoms with van der Waals surface area (Å²) in [5, 5.41) is 9.78. The van der Waals surface area contributed by atoms with E-state index in [4.69, 9.17) is 9.47 Å². The molecule has 0 spiro atoms. The number of hydrogen-bond acceptors (Lipinski definition) is 3. The second-order valence-corrected chi connectivity index (χ2v) is 5.04. The van der Waals surface area contributed by atoms with E-state index in [1.54, 1.807) is 14.2 Å². The summed E-state index contributed by atoms with van der Waals surface area (Å²) in [4.78, 5) is 0. The smallest absolute Gasteiger partial charge is 0.186 e. The summed E-state index contributed by atoms with van der Waals surface area (Å²) in [5.41, 5.74) is 0.659. The van der Waals surface area contributed by atoms with Gasteiger partial charge in [-0.3, -0.25) is 0 Å². The summed E-state index contributed by atoms with van der Waals surface area (Å²) in [5.74, 6) is 0.222. The third-order valence-electron chi connectivity index (χ3n) is 1.74. The highest BCUT2D eigenvalue weighted by Crippen LogP contribution is 2.32. The molecule has 0 atom stereocenters. The largest absolute Gasteiger partial charge is 0.506 e. The third-order valence-corrected chi connectivity index (χ3v) is 3.18. The zero-order valence-electron chi connectivity index (χ0n) is 7.75. The maximum Gasteiger partial charge on any atom is 0.186 e. The third kappa shape index (κ3) is 2.71. The van der Waals surface area contributed by atoms with Crippen LogP contribution in [0.15, 0.2) is 12.1 Å². The molecular formula is C9H10I2O3. The lowest BCUT2D eigenvalue weighted by Gasteiger charge is -2.16. The molecule has 0 aliphatic rings. The van der Waals surface area contributed by atoms with Crippen molar-refractivity contribution in [3.05, 3.63) is 24.8 Å². The van der Waals surface area contributed by atoms with Crippen molar-refractivity contribution in [1.82, 2.24) is 0 Å². The van der Waals surface area contributed by atoms with Gasteiger partial charge in [0.15, 0.2) is 6.29 Å². The monoisotopic (exact) mass is 420 g/mol. The lowest BCUT2D eigenvalue weighted by Crippen LogP contribution is -2.05. The fraction of sp³-hybridized carbons (Fsp3) is 0.333. The number of methoxy groups -OCH3 is 2. The van der Waals surface area contributed by atoms with Crippen molar-refractivity contribution in [2.24, 2.45) is 0 Å². The van der Waals surface area contributed by atoms with Crippen molar-refractivity contribution in [3.8, 4) is 5.75 Å². The molecule has 0 aromatic heterocycles. The van der Waals surface area contributed by atoms with Gasteiger partial charge < -0.3 is 14.6 Å². The van der Waals surface area contributed by atoms with Crippen LogP contribution in [0.2, 0.25) is 0 Å². The Morgan fingerprint density at radius 1 is 1.21 bits per heavy atom. The average molecular weight is 420 g/mol. The number of phenols is 1. The first-order valence-electron chi connectivity index (χ1n) is 3.83. The van der Waals surface area contributed by atoms with E-state index in [1.807, 2.05) is 12.1 Å². The van der Waals surface area contributed by atoms with E-state index in [0.717, 1.165) is 7.14 Å². The molecular weight excluding hydrogens is 410 g/mol. The maximum atomic E-state index is 9.78. The highest BCUT2D eigenvalue weighted by atomic mass is 127. The second kappa shape index (κ2) is 5.47. The molecule has 1 aromatic rings. The van der Waals surface area contributed by atoms with Gasteiger partial charge in [-0.1, -0.05) is 0 Å². The Hall–Kier alpha value is 0.400. The molecule has 1 aromatic carbocycles. The number of aromatic hydroxyl groups is 1. The number of halogens is 2. The van der Waals surface area contributed by atoms with E-state index in [2.05, 4.69) is 45.2 Å². The molecule has 0 aliphatic heterocycles. The molecule has 78 valence electrons. The van der Waals surface area contributed by atoms with Crippen molar-refractivity contribution in [2.75, 3.05) is 14.2 Å². The number of phenolic OH excluding ortho intramolecular Hbond substituents is 1. The Balaban J connectivity index is 3.18. The molecule has 0 heterocycles. The van der Waals surface area contributed by atoms with Gasteiger partial charge in [0, 0.05) is 17.8 Å². The fourth-order valence-electron chi connectivity index (χ4n) is 1.12. The molecule has 0 saturated heterocycles. The standard InChI is InChI=1S/C9H10I2O3/c1-13-9(14-2)6-3-5(10)4-7(11)8(6)12/h3-4,9,12H,1-2H3. The molecule has 1 N–H and O–H groups in total. The minimum absolute atomic E-state index is 0.222. The predicted octanol–water partition coefficient (Wildman–Crippen LogP) is 2.89. The molecule has 0 unspecified atom stereocenters. The zero-order chi connectivity index (χ0) is 10.7. The first-order chi connectivity index (χ1) is 6.60. The Morgan fingerprint density at radius 2 is 1.79 bits per heavy atom. The lowest BCUT2D eigenvalue weighted by atomic mass is 10.2. The van der Waals surface area contributed by atoms with E-state index >= 15 is 0 Å². The van der Waals surface area contributed by atoms with E-state index in [-0.39, 0.29) is 5.75 Å². The van der Waals surface area contributed by atoms with E-state index in [9.17, 15) is 5.11 Å². The topological polar surface area (TPSA) is 38.7 Å². The van der Waals surface area contributed by atoms with Gasteiger partial charge in [-0.25, -0.2) is 0 Å². The van der Waals surface area contributed by atoms with Crippen LogP contribution < -0.4 is 0 Å². The highest BCUT2D eigenvalue weighted by molar-refractivity contribution is 14.1. The molecule has 0 saturated carbocycles. The highest BCUT2D eigenvalue weighted by Gasteiger charge is 2.16. The van der Waals surface area contributed by atoms with Crippen molar-refractivity contribution >= 4 is 45.2 Å². The summed E-state index contributed by atoms with van der Waals surface area (Å²) < 4.78 is 12.0. The van der Waals surface area contributed by atoms with Crippen molar-refractivity contribution in [2.45, 2.75) is 6.29 Å². The Labute approximate surface area is 110 Å². The first kappa shape index (κ1) is 12.5. The Bertz CT molecular complexity index is 324. The molecule has 3 nitrogen and oxygen atoms in total. The molecule has 14 heavy (non-hydrogen) atoms. The van der Waals surface area contributed by atoms with Gasteiger partial charge in [0.1, 0.15) is 5.75 Å². The van der Waals surface area contributed by atoms with Gasteiger partial charge in [-0.2, -0.15) is 0 Å². The van der Waals surface area contributed by atoms with E-state index in [1.165, 1.54) is 0 Å². The van der Waals surface area contributed by atoms with E-state index in [0.29, 0.717) is 5.56 Å². The molecule has 0 fully saturated rings. The number of benzene rings is 1. The van der Waals surface area contributed by atoms with Crippen LogP contribution in [0, 0.1) is 7.14 Å². The fourth-order valence-corrected chi connectivity index (χ4v) is 3.01. The summed E-state index contributed by atoms with van der Waals surface area (Å²) >= 11 is 4.26. The summed E-state index contributed by atoms with van der Waals surface area (Å²) in [6.07, 6.45) is -0.516. The van der Waals surface area contributed by atoms with Crippen LogP contribution in [0.3, 0.4) is 0 Å². The molecule has 0 amide bonds. The number of ether oxygens (including phenoxy) is 2. The van der Waals surface area contributed by atoms with Gasteiger partial charge in [-0.15, -0.1) is 0 Å². The average Bonchev–Trinajstić information content (AvgIpc) is 2.15. The predicted molar refractivity (Wildman–Crippen MR) is 70.3 cm³/mol. The van der Waals surface area contributed by atoms with Gasteiger partial charge >= 0.3 is 0 Å². The Morgan fingerprint density at radius 3 is 2.29 bits per heavy atom. The summed E-state index contributed by atoms with van der Waals surface area (Å²) in [7, 11) is 3.08. The Kier molecular flexibility index (Phi) is 4.88. The van der Waals surface area contributed by atoms with Crippen molar-refractivity contribution < 1.29 is 14.6 Å². The minimum atomic E-state index is -0.516. The van der Waals surface area contributed by atoms with Crippen LogP contribution in [0.1, 0.15) is 11.9 Å². The summed E-state index contributed by atoms with van der Waals surface area (Å²) in [6.45, 7) is 0. The molecule has 0 aliphatic carbocycles. The zero-order valence-corrected chi connectivity index (χ0v) is 12.1. The molecule has 1 rings (SSSR count). The van der Waals surface area contributed by atoms with Crippen LogP contribution in [0.4, 0.5) is 0 Å². The molecule has 0 radical (unpaired) electrons. The maximum absolute atomic E-state index is 9.78. The lowest BCUT2D eigenvalue weighted by molar-refractivity contribution is -0.107. The van der Waals surface area contributed by atoms with Gasteiger partial charge in [0.05, 0.1) is 9.13 Å². The van der Waals surface area contributed by atoms with E-state index < -0.39 is 6.29 Å². The SMILES string of the molecule is COC(OC)c1cc(I)cc(I)c1O. The van der Waals surface area contributed by atoms with Crippen molar-refractivity contribution in [3.63, 3.8) is 0 Å². The van der Waals surface area contributed by atoms with Crippen LogP contribution in [-0.4, -0.2) is 19.3 Å². The van der Waals surface area contributed by atoms with Crippen molar-refractivity contribution in [1.29, 1.82) is 0 Å². The van der Waals surface area contributed by atoms with Crippen LogP contribution >= 0.6 is 45.2 Å². The van der Waals surface area contributed by atoms with Gasteiger partial charge in [0.2, 0.25) is 0 Å². The van der Waals surface area contributed by atoms with Crippen LogP contribution in [-0.2, 0) is 9.47 Å². The van der Waals surface area contributed by atoms with Crippen LogP contribution in [0.5, 0.6) is 5.75 Å². The normalized spacial score (nSPS) is 10.9. The van der Waals surface area contributed by atoms with Gasteiger partial charge in [0.25, 0.3) is 0 Å². The minimum Gasteiger partial charge on any atom is -0.506 e. The summed E-state index contributed by atoms with van der Waals surface area (Å²) in [6, 6.07) is 3.73. The first-order valence-corrected chi connectivity index (χ1v) is 5.99. The number of hydrogen-bond donors (Lipinski definition) is 1. The van der Waals surface area contributed by atoms with Crippen LogP contribution in [0.25, 0.3) is 0 Å². The van der Waals surface area contributed by atoms with Gasteiger partial charge in [-0.05, 0) is 57.3 Å². The second-order valence-electron chi connectivity index (χ2n) is 2.63. The molecule has 5 heteroatoms. The quantitative estimate of drug-likeness (QED) is 0.604. The molecule has 0 bridgehead atoms.